The minimum absolute atomic E-state index is 0.161. The number of carbonyl (C=O) groups is 1. The molecule has 1 N–H and O–H groups in total. The molecule has 23 heavy (non-hydrogen) atoms. The highest BCUT2D eigenvalue weighted by molar-refractivity contribution is 6.05. The molecule has 0 aliphatic rings. The van der Waals surface area contributed by atoms with Crippen LogP contribution in [0.25, 0.3) is 5.82 Å². The van der Waals surface area contributed by atoms with Gasteiger partial charge in [0.15, 0.2) is 5.82 Å². The van der Waals surface area contributed by atoms with Crippen molar-refractivity contribution in [1.82, 2.24) is 14.8 Å². The summed E-state index contributed by atoms with van der Waals surface area (Å²) in [6.45, 7) is 3.93. The Morgan fingerprint density at radius 2 is 1.96 bits per heavy atom. The molecule has 3 aromatic rings. The standard InChI is InChI=1S/C18H18N4O/c1-3-14-8-4-5-9-16(14)21-18(23)15-12-20-22(13(15)2)17-10-6-7-11-19-17/h4-12H,3H2,1-2H3,(H,21,23). The summed E-state index contributed by atoms with van der Waals surface area (Å²) >= 11 is 0. The second-order valence-corrected chi connectivity index (χ2v) is 5.21. The van der Waals surface area contributed by atoms with Crippen LogP contribution in [0.1, 0.15) is 28.5 Å². The molecule has 116 valence electrons. The average molecular weight is 306 g/mol. The van der Waals surface area contributed by atoms with Gasteiger partial charge in [0, 0.05) is 11.9 Å². The van der Waals surface area contributed by atoms with Gasteiger partial charge in [-0.2, -0.15) is 5.10 Å². The third-order valence-electron chi connectivity index (χ3n) is 3.77. The number of pyridine rings is 1. The third-order valence-corrected chi connectivity index (χ3v) is 3.77. The van der Waals surface area contributed by atoms with Gasteiger partial charge in [0.05, 0.1) is 17.5 Å². The van der Waals surface area contributed by atoms with Crippen LogP contribution in [-0.2, 0) is 6.42 Å². The maximum absolute atomic E-state index is 12.6. The van der Waals surface area contributed by atoms with Crippen molar-refractivity contribution in [2.75, 3.05) is 5.32 Å². The second kappa shape index (κ2) is 6.44. The summed E-state index contributed by atoms with van der Waals surface area (Å²) in [6.07, 6.45) is 4.14. The Hall–Kier alpha value is -2.95. The summed E-state index contributed by atoms with van der Waals surface area (Å²) in [6, 6.07) is 13.4. The fourth-order valence-corrected chi connectivity index (χ4v) is 2.48. The molecule has 0 aliphatic heterocycles. The molecule has 5 nitrogen and oxygen atoms in total. The number of nitrogens with one attached hydrogen (secondary N) is 1. The van der Waals surface area contributed by atoms with Crippen molar-refractivity contribution in [3.63, 3.8) is 0 Å². The lowest BCUT2D eigenvalue weighted by molar-refractivity contribution is 0.102. The zero-order chi connectivity index (χ0) is 16.2. The van der Waals surface area contributed by atoms with Crippen molar-refractivity contribution in [2.45, 2.75) is 20.3 Å². The van der Waals surface area contributed by atoms with E-state index in [1.165, 1.54) is 0 Å². The predicted molar refractivity (Wildman–Crippen MR) is 89.9 cm³/mol. The van der Waals surface area contributed by atoms with Crippen LogP contribution in [0.15, 0.2) is 54.9 Å². The number of rotatable bonds is 4. The molecule has 3 rings (SSSR count). The number of anilines is 1. The van der Waals surface area contributed by atoms with E-state index in [0.29, 0.717) is 11.4 Å². The van der Waals surface area contributed by atoms with E-state index in [-0.39, 0.29) is 5.91 Å². The minimum atomic E-state index is -0.161. The fourth-order valence-electron chi connectivity index (χ4n) is 2.48. The molecule has 0 saturated heterocycles. The van der Waals surface area contributed by atoms with Gasteiger partial charge in [-0.15, -0.1) is 0 Å². The molecule has 0 atom stereocenters. The first kappa shape index (κ1) is 15.0. The first-order chi connectivity index (χ1) is 11.2. The lowest BCUT2D eigenvalue weighted by Gasteiger charge is -2.09. The summed E-state index contributed by atoms with van der Waals surface area (Å²) in [5.41, 5.74) is 3.25. The molecule has 0 fully saturated rings. The van der Waals surface area contributed by atoms with Crippen molar-refractivity contribution < 1.29 is 4.79 Å². The molecule has 5 heteroatoms. The Bertz CT molecular complexity index is 824. The highest BCUT2D eigenvalue weighted by Gasteiger charge is 2.16. The molecule has 2 aromatic heterocycles. The van der Waals surface area contributed by atoms with Crippen LogP contribution in [-0.4, -0.2) is 20.7 Å². The number of hydrogen-bond acceptors (Lipinski definition) is 3. The number of carbonyl (C=O) groups excluding carboxylic acids is 1. The molecule has 0 unspecified atom stereocenters. The number of amides is 1. The number of aryl methyl sites for hydroxylation is 1. The van der Waals surface area contributed by atoms with Gasteiger partial charge in [-0.3, -0.25) is 4.79 Å². The molecule has 0 radical (unpaired) electrons. The van der Waals surface area contributed by atoms with Crippen LogP contribution in [0.5, 0.6) is 0 Å². The van der Waals surface area contributed by atoms with Crippen molar-refractivity contribution in [2.24, 2.45) is 0 Å². The maximum atomic E-state index is 12.6. The van der Waals surface area contributed by atoms with Crippen LogP contribution >= 0.6 is 0 Å². The van der Waals surface area contributed by atoms with Gasteiger partial charge in [-0.25, -0.2) is 9.67 Å². The summed E-state index contributed by atoms with van der Waals surface area (Å²) < 4.78 is 1.67. The first-order valence-electron chi connectivity index (χ1n) is 7.56. The van der Waals surface area contributed by atoms with Crippen LogP contribution in [0, 0.1) is 6.92 Å². The number of aromatic nitrogens is 3. The molecular weight excluding hydrogens is 288 g/mol. The van der Waals surface area contributed by atoms with E-state index in [1.807, 2.05) is 49.4 Å². The predicted octanol–water partition coefficient (Wildman–Crippen LogP) is 3.39. The van der Waals surface area contributed by atoms with E-state index in [1.54, 1.807) is 17.1 Å². The highest BCUT2D eigenvalue weighted by Crippen LogP contribution is 2.18. The van der Waals surface area contributed by atoms with Crippen molar-refractivity contribution in [3.05, 3.63) is 71.7 Å². The van der Waals surface area contributed by atoms with Crippen molar-refractivity contribution >= 4 is 11.6 Å². The number of nitrogens with zero attached hydrogens (tertiary/aromatic N) is 3. The number of benzene rings is 1. The molecule has 1 amide bonds. The van der Waals surface area contributed by atoms with E-state index in [2.05, 4.69) is 22.3 Å². The van der Waals surface area contributed by atoms with Crippen LogP contribution < -0.4 is 5.32 Å². The second-order valence-electron chi connectivity index (χ2n) is 5.21. The number of hydrogen-bond donors (Lipinski definition) is 1. The van der Waals surface area contributed by atoms with Gasteiger partial charge in [0.2, 0.25) is 0 Å². The number of para-hydroxylation sites is 1. The lowest BCUT2D eigenvalue weighted by Crippen LogP contribution is -2.14. The SMILES string of the molecule is CCc1ccccc1NC(=O)c1cnn(-c2ccccn2)c1C. The zero-order valence-corrected chi connectivity index (χ0v) is 13.2. The highest BCUT2D eigenvalue weighted by atomic mass is 16.1. The fraction of sp³-hybridized carbons (Fsp3) is 0.167. The quantitative estimate of drug-likeness (QED) is 0.803. The van der Waals surface area contributed by atoms with Crippen LogP contribution in [0.4, 0.5) is 5.69 Å². The Balaban J connectivity index is 1.88. The Morgan fingerprint density at radius 1 is 1.17 bits per heavy atom. The topological polar surface area (TPSA) is 59.8 Å². The monoisotopic (exact) mass is 306 g/mol. The van der Waals surface area contributed by atoms with Gasteiger partial charge in [0.1, 0.15) is 0 Å². The molecule has 0 aliphatic carbocycles. The molecular formula is C18H18N4O. The van der Waals surface area contributed by atoms with Crippen LogP contribution in [0.2, 0.25) is 0 Å². The van der Waals surface area contributed by atoms with E-state index in [0.717, 1.165) is 23.4 Å². The third kappa shape index (κ3) is 2.99. The van der Waals surface area contributed by atoms with E-state index in [9.17, 15) is 4.79 Å². The Labute approximate surface area is 135 Å². The normalized spacial score (nSPS) is 10.5. The summed E-state index contributed by atoms with van der Waals surface area (Å²) in [5, 5.41) is 7.26. The van der Waals surface area contributed by atoms with Crippen molar-refractivity contribution in [3.8, 4) is 5.82 Å². The first-order valence-corrected chi connectivity index (χ1v) is 7.56. The Morgan fingerprint density at radius 3 is 2.70 bits per heavy atom. The molecule has 0 spiro atoms. The molecule has 2 heterocycles. The van der Waals surface area contributed by atoms with Gasteiger partial charge >= 0.3 is 0 Å². The largest absolute Gasteiger partial charge is 0.322 e. The van der Waals surface area contributed by atoms with Crippen molar-refractivity contribution in [1.29, 1.82) is 0 Å². The van der Waals surface area contributed by atoms with Crippen LogP contribution in [0.3, 0.4) is 0 Å². The summed E-state index contributed by atoms with van der Waals surface area (Å²) in [4.78, 5) is 16.8. The van der Waals surface area contributed by atoms with Gasteiger partial charge < -0.3 is 5.32 Å². The molecule has 0 saturated carbocycles. The van der Waals surface area contributed by atoms with Gasteiger partial charge in [-0.1, -0.05) is 31.2 Å². The average Bonchev–Trinajstić information content (AvgIpc) is 2.98. The smallest absolute Gasteiger partial charge is 0.259 e. The summed E-state index contributed by atoms with van der Waals surface area (Å²) in [5.74, 6) is 0.531. The molecule has 0 bridgehead atoms. The minimum Gasteiger partial charge on any atom is -0.322 e. The van der Waals surface area contributed by atoms with E-state index in [4.69, 9.17) is 0 Å². The Kier molecular flexibility index (Phi) is 4.19. The van der Waals surface area contributed by atoms with E-state index >= 15 is 0 Å². The zero-order valence-electron chi connectivity index (χ0n) is 13.2. The molecule has 1 aromatic carbocycles. The van der Waals surface area contributed by atoms with E-state index < -0.39 is 0 Å². The lowest BCUT2D eigenvalue weighted by atomic mass is 10.1. The van der Waals surface area contributed by atoms with Gasteiger partial charge in [-0.05, 0) is 37.1 Å². The van der Waals surface area contributed by atoms with Gasteiger partial charge in [0.25, 0.3) is 5.91 Å². The summed E-state index contributed by atoms with van der Waals surface area (Å²) in [7, 11) is 0. The maximum Gasteiger partial charge on any atom is 0.259 e.